The molecule has 4 rings (SSSR count). The Morgan fingerprint density at radius 3 is 2.50 bits per heavy atom. The van der Waals surface area contributed by atoms with Gasteiger partial charge < -0.3 is 10.1 Å². The number of carbonyl (C=O) groups is 1. The highest BCUT2D eigenvalue weighted by molar-refractivity contribution is 7.19. The van der Waals surface area contributed by atoms with Gasteiger partial charge in [-0.2, -0.15) is 0 Å². The molecule has 2 heterocycles. The first-order chi connectivity index (χ1) is 14.5. The molecule has 0 radical (unpaired) electrons. The van der Waals surface area contributed by atoms with E-state index in [4.69, 9.17) is 4.74 Å². The Morgan fingerprint density at radius 1 is 1.03 bits per heavy atom. The van der Waals surface area contributed by atoms with Crippen molar-refractivity contribution < 1.29 is 9.53 Å². The Morgan fingerprint density at radius 2 is 1.80 bits per heavy atom. The van der Waals surface area contributed by atoms with Crippen LogP contribution in [-0.4, -0.2) is 22.5 Å². The van der Waals surface area contributed by atoms with Crippen molar-refractivity contribution in [1.29, 1.82) is 0 Å². The van der Waals surface area contributed by atoms with Crippen LogP contribution in [0.25, 0.3) is 21.3 Å². The van der Waals surface area contributed by atoms with Crippen LogP contribution < -0.4 is 5.32 Å². The average Bonchev–Trinajstić information content (AvgIpc) is 3.07. The summed E-state index contributed by atoms with van der Waals surface area (Å²) in [5.74, 6) is 0.431. The second-order valence-corrected chi connectivity index (χ2v) is 8.36. The third-order valence-electron chi connectivity index (χ3n) is 5.12. The number of rotatable bonds is 5. The van der Waals surface area contributed by atoms with E-state index >= 15 is 0 Å². The maximum absolute atomic E-state index is 11.9. The highest BCUT2D eigenvalue weighted by Crippen LogP contribution is 2.41. The zero-order valence-electron chi connectivity index (χ0n) is 17.4. The number of carbonyl (C=O) groups excluding carboxylic acids is 1. The molecule has 0 aliphatic rings. The van der Waals surface area contributed by atoms with Crippen molar-refractivity contribution in [2.75, 3.05) is 11.9 Å². The first-order valence-corrected chi connectivity index (χ1v) is 10.7. The number of ether oxygens (including phenoxy) is 1. The predicted octanol–water partition coefficient (Wildman–Crippen LogP) is 6.20. The van der Waals surface area contributed by atoms with Crippen LogP contribution >= 0.6 is 11.3 Å². The van der Waals surface area contributed by atoms with E-state index in [1.165, 1.54) is 16.0 Å². The fourth-order valence-electron chi connectivity index (χ4n) is 3.42. The number of nitrogens with zero attached hydrogens (tertiary/aromatic N) is 2. The molecule has 152 valence electrons. The Kier molecular flexibility index (Phi) is 5.50. The molecule has 30 heavy (non-hydrogen) atoms. The number of thiophene rings is 1. The van der Waals surface area contributed by atoms with Gasteiger partial charge in [-0.1, -0.05) is 18.2 Å². The van der Waals surface area contributed by atoms with Gasteiger partial charge in [0.25, 0.3) is 0 Å². The van der Waals surface area contributed by atoms with Gasteiger partial charge in [-0.05, 0) is 68.7 Å². The molecule has 5 nitrogen and oxygen atoms in total. The lowest BCUT2D eigenvalue weighted by Gasteiger charge is -2.11. The van der Waals surface area contributed by atoms with E-state index in [9.17, 15) is 4.79 Å². The van der Waals surface area contributed by atoms with Crippen molar-refractivity contribution in [2.45, 2.75) is 27.7 Å². The van der Waals surface area contributed by atoms with Crippen molar-refractivity contribution in [3.8, 4) is 11.1 Å². The van der Waals surface area contributed by atoms with Crippen LogP contribution in [-0.2, 0) is 4.74 Å². The molecule has 1 N–H and O–H groups in total. The van der Waals surface area contributed by atoms with Gasteiger partial charge in [0.15, 0.2) is 0 Å². The van der Waals surface area contributed by atoms with Gasteiger partial charge in [0.2, 0.25) is 0 Å². The maximum Gasteiger partial charge on any atom is 0.338 e. The fraction of sp³-hybridized carbons (Fsp3) is 0.208. The van der Waals surface area contributed by atoms with E-state index in [0.717, 1.165) is 32.8 Å². The largest absolute Gasteiger partial charge is 0.462 e. The number of aryl methyl sites for hydroxylation is 3. The highest BCUT2D eigenvalue weighted by atomic mass is 32.1. The van der Waals surface area contributed by atoms with Gasteiger partial charge in [-0.25, -0.2) is 14.8 Å². The molecule has 2 aromatic heterocycles. The average molecular weight is 418 g/mol. The van der Waals surface area contributed by atoms with Crippen LogP contribution in [0.4, 0.5) is 11.5 Å². The smallest absolute Gasteiger partial charge is 0.338 e. The van der Waals surface area contributed by atoms with Crippen molar-refractivity contribution >= 4 is 39.0 Å². The summed E-state index contributed by atoms with van der Waals surface area (Å²) in [6, 6.07) is 13.7. The molecule has 2 aromatic carbocycles. The zero-order chi connectivity index (χ0) is 21.3. The molecule has 6 heteroatoms. The summed E-state index contributed by atoms with van der Waals surface area (Å²) in [7, 11) is 0. The number of hydrogen-bond donors (Lipinski definition) is 1. The molecule has 0 aliphatic carbocycles. The molecule has 0 fully saturated rings. The summed E-state index contributed by atoms with van der Waals surface area (Å²) in [5.41, 5.74) is 6.22. The molecule has 0 spiro atoms. The number of hydrogen-bond acceptors (Lipinski definition) is 6. The molecule has 0 amide bonds. The summed E-state index contributed by atoms with van der Waals surface area (Å²) in [6.07, 6.45) is 1.58. The van der Waals surface area contributed by atoms with Crippen LogP contribution in [0.5, 0.6) is 0 Å². The topological polar surface area (TPSA) is 64.1 Å². The number of anilines is 2. The molecular weight excluding hydrogens is 394 g/mol. The Hall–Kier alpha value is -3.25. The van der Waals surface area contributed by atoms with E-state index in [2.05, 4.69) is 54.3 Å². The minimum Gasteiger partial charge on any atom is -0.462 e. The molecule has 0 bridgehead atoms. The van der Waals surface area contributed by atoms with Crippen LogP contribution in [0.2, 0.25) is 0 Å². The van der Waals surface area contributed by atoms with Crippen LogP contribution in [0.15, 0.2) is 48.8 Å². The minimum atomic E-state index is -0.320. The number of fused-ring (bicyclic) bond motifs is 1. The molecule has 0 aliphatic heterocycles. The van der Waals surface area contributed by atoms with E-state index in [1.54, 1.807) is 36.7 Å². The number of aromatic nitrogens is 2. The molecule has 0 saturated heterocycles. The Balaban J connectivity index is 1.75. The number of nitrogens with one attached hydrogen (secondary N) is 1. The SMILES string of the molecule is CCOC(=O)c1ccc(Nc2ncnc3sc(C)c(-c4ccc(C)c(C)c4)c23)cc1. The van der Waals surface area contributed by atoms with Crippen molar-refractivity contribution in [2.24, 2.45) is 0 Å². The number of benzene rings is 2. The van der Waals surface area contributed by atoms with Crippen molar-refractivity contribution in [1.82, 2.24) is 9.97 Å². The molecular formula is C24H23N3O2S. The standard InChI is InChI=1S/C24H23N3O2S/c1-5-29-24(28)17-8-10-19(11-9-17)27-22-21-20(16(4)30-23(21)26-13-25-22)18-7-6-14(2)15(3)12-18/h6-13H,5H2,1-4H3,(H,25,26,27). The van der Waals surface area contributed by atoms with E-state index < -0.39 is 0 Å². The summed E-state index contributed by atoms with van der Waals surface area (Å²) < 4.78 is 5.05. The van der Waals surface area contributed by atoms with E-state index in [0.29, 0.717) is 12.2 Å². The van der Waals surface area contributed by atoms with Crippen LogP contribution in [0, 0.1) is 20.8 Å². The van der Waals surface area contributed by atoms with E-state index in [1.807, 2.05) is 12.1 Å². The van der Waals surface area contributed by atoms with Gasteiger partial charge >= 0.3 is 5.97 Å². The molecule has 0 atom stereocenters. The van der Waals surface area contributed by atoms with E-state index in [-0.39, 0.29) is 5.97 Å². The third kappa shape index (κ3) is 3.78. The van der Waals surface area contributed by atoms with Gasteiger partial charge in [0.05, 0.1) is 17.6 Å². The highest BCUT2D eigenvalue weighted by Gasteiger charge is 2.17. The fourth-order valence-corrected chi connectivity index (χ4v) is 4.44. The number of esters is 1. The minimum absolute atomic E-state index is 0.320. The molecule has 0 unspecified atom stereocenters. The summed E-state index contributed by atoms with van der Waals surface area (Å²) >= 11 is 1.67. The third-order valence-corrected chi connectivity index (χ3v) is 6.13. The van der Waals surface area contributed by atoms with Crippen LogP contribution in [0.3, 0.4) is 0 Å². The normalized spacial score (nSPS) is 10.9. The summed E-state index contributed by atoms with van der Waals surface area (Å²) in [5, 5.41) is 4.41. The zero-order valence-corrected chi connectivity index (χ0v) is 18.3. The Bertz CT molecular complexity index is 1230. The second kappa shape index (κ2) is 8.24. The van der Waals surface area contributed by atoms with Crippen molar-refractivity contribution in [3.05, 3.63) is 70.4 Å². The first-order valence-electron chi connectivity index (χ1n) is 9.84. The maximum atomic E-state index is 11.9. The van der Waals surface area contributed by atoms with Gasteiger partial charge in [0, 0.05) is 16.1 Å². The lowest BCUT2D eigenvalue weighted by Crippen LogP contribution is -2.04. The van der Waals surface area contributed by atoms with Crippen molar-refractivity contribution in [3.63, 3.8) is 0 Å². The predicted molar refractivity (Wildman–Crippen MR) is 123 cm³/mol. The Labute approximate surface area is 179 Å². The lowest BCUT2D eigenvalue weighted by atomic mass is 9.99. The first kappa shape index (κ1) is 20.0. The summed E-state index contributed by atoms with van der Waals surface area (Å²) in [4.78, 5) is 23.0. The lowest BCUT2D eigenvalue weighted by molar-refractivity contribution is 0.0526. The molecule has 4 aromatic rings. The van der Waals surface area contributed by atoms with Gasteiger partial charge in [-0.3, -0.25) is 0 Å². The molecule has 0 saturated carbocycles. The van der Waals surface area contributed by atoms with Crippen LogP contribution in [0.1, 0.15) is 33.3 Å². The van der Waals surface area contributed by atoms with Gasteiger partial charge in [-0.15, -0.1) is 11.3 Å². The second-order valence-electron chi connectivity index (χ2n) is 7.16. The monoisotopic (exact) mass is 417 g/mol. The quantitative estimate of drug-likeness (QED) is 0.391. The summed E-state index contributed by atoms with van der Waals surface area (Å²) in [6.45, 7) is 8.52. The van der Waals surface area contributed by atoms with Gasteiger partial charge in [0.1, 0.15) is 17.0 Å².